The molecule has 0 bridgehead atoms. The van der Waals surface area contributed by atoms with E-state index in [2.05, 4.69) is 25.5 Å². The molecule has 6 nitrogen and oxygen atoms in total. The molecule has 0 aliphatic heterocycles. The second-order valence-corrected chi connectivity index (χ2v) is 4.67. The van der Waals surface area contributed by atoms with Crippen LogP contribution in [0, 0.1) is 6.92 Å². The number of hydrogen-bond acceptors (Lipinski definition) is 6. The first-order valence-electron chi connectivity index (χ1n) is 5.78. The summed E-state index contributed by atoms with van der Waals surface area (Å²) < 4.78 is 5.53. The number of anilines is 1. The Morgan fingerprint density at radius 2 is 2.22 bits per heavy atom. The van der Waals surface area contributed by atoms with Crippen molar-refractivity contribution in [3.63, 3.8) is 0 Å². The maximum atomic E-state index is 5.84. The number of rotatable bonds is 4. The molecule has 1 N–H and O–H groups in total. The Hall–Kier alpha value is -1.69. The summed E-state index contributed by atoms with van der Waals surface area (Å²) in [5.41, 5.74) is 0. The highest BCUT2D eigenvalue weighted by Gasteiger charge is 2.29. The lowest BCUT2D eigenvalue weighted by Crippen LogP contribution is -2.03. The lowest BCUT2D eigenvalue weighted by atomic mass is 10.4. The van der Waals surface area contributed by atoms with Crippen molar-refractivity contribution in [1.29, 1.82) is 0 Å². The number of halogens is 1. The summed E-state index contributed by atoms with van der Waals surface area (Å²) in [6.07, 6.45) is 2.30. The van der Waals surface area contributed by atoms with Crippen LogP contribution >= 0.6 is 11.6 Å². The molecule has 7 heteroatoms. The Balaban J connectivity index is 1.65. The molecule has 0 saturated heterocycles. The van der Waals surface area contributed by atoms with Gasteiger partial charge in [0.05, 0.1) is 6.54 Å². The van der Waals surface area contributed by atoms with E-state index >= 15 is 0 Å². The number of aryl methyl sites for hydroxylation is 1. The van der Waals surface area contributed by atoms with Gasteiger partial charge in [0, 0.05) is 12.0 Å². The molecule has 0 spiro atoms. The highest BCUT2D eigenvalue weighted by Crippen LogP contribution is 2.38. The molecule has 2 heterocycles. The average Bonchev–Trinajstić information content (AvgIpc) is 3.05. The van der Waals surface area contributed by atoms with Crippen LogP contribution in [-0.2, 0) is 6.54 Å². The summed E-state index contributed by atoms with van der Waals surface area (Å²) in [4.78, 5) is 8.19. The molecule has 0 unspecified atom stereocenters. The van der Waals surface area contributed by atoms with Gasteiger partial charge in [-0.3, -0.25) is 0 Å². The monoisotopic (exact) mass is 265 g/mol. The molecule has 1 aliphatic rings. The van der Waals surface area contributed by atoms with Gasteiger partial charge < -0.3 is 9.73 Å². The summed E-state index contributed by atoms with van der Waals surface area (Å²) in [6, 6.07) is 1.66. The van der Waals surface area contributed by atoms with E-state index in [9.17, 15) is 0 Å². The van der Waals surface area contributed by atoms with E-state index in [1.807, 2.05) is 0 Å². The highest BCUT2D eigenvalue weighted by molar-refractivity contribution is 6.29. The molecule has 0 aromatic carbocycles. The van der Waals surface area contributed by atoms with E-state index in [0.717, 1.165) is 18.7 Å². The van der Waals surface area contributed by atoms with Gasteiger partial charge in [-0.2, -0.15) is 0 Å². The predicted molar refractivity (Wildman–Crippen MR) is 65.4 cm³/mol. The summed E-state index contributed by atoms with van der Waals surface area (Å²) in [5.74, 6) is 3.04. The standard InChI is InChI=1S/C11H12ClN5O/c1-6-14-8(12)4-9(15-6)13-5-10-16-17-11(18-10)7-2-3-7/h4,7H,2-3,5H2,1H3,(H,13,14,15). The van der Waals surface area contributed by atoms with Gasteiger partial charge in [0.15, 0.2) is 0 Å². The van der Waals surface area contributed by atoms with Gasteiger partial charge >= 0.3 is 0 Å². The summed E-state index contributed by atoms with van der Waals surface area (Å²) >= 11 is 5.84. The Kier molecular flexibility index (Phi) is 2.87. The Morgan fingerprint density at radius 3 is 2.94 bits per heavy atom. The molecule has 2 aromatic heterocycles. The highest BCUT2D eigenvalue weighted by atomic mass is 35.5. The molecule has 2 aromatic rings. The van der Waals surface area contributed by atoms with Crippen LogP contribution in [0.3, 0.4) is 0 Å². The molecular formula is C11H12ClN5O. The van der Waals surface area contributed by atoms with Crippen molar-refractivity contribution in [3.05, 3.63) is 28.8 Å². The number of aromatic nitrogens is 4. The zero-order valence-corrected chi connectivity index (χ0v) is 10.6. The molecule has 1 aliphatic carbocycles. The number of hydrogen-bond donors (Lipinski definition) is 1. The molecular weight excluding hydrogens is 254 g/mol. The fourth-order valence-corrected chi connectivity index (χ4v) is 1.85. The molecule has 3 rings (SSSR count). The average molecular weight is 266 g/mol. The first kappa shape index (κ1) is 11.4. The smallest absolute Gasteiger partial charge is 0.235 e. The van der Waals surface area contributed by atoms with Crippen LogP contribution < -0.4 is 5.32 Å². The normalized spacial score (nSPS) is 14.8. The summed E-state index contributed by atoms with van der Waals surface area (Å²) in [5, 5.41) is 11.5. The van der Waals surface area contributed by atoms with Gasteiger partial charge in [-0.1, -0.05) is 11.6 Å². The maximum absolute atomic E-state index is 5.84. The van der Waals surface area contributed by atoms with E-state index < -0.39 is 0 Å². The SMILES string of the molecule is Cc1nc(Cl)cc(NCc2nnc(C3CC3)o2)n1. The predicted octanol–water partition coefficient (Wildman–Crippen LogP) is 2.31. The van der Waals surface area contributed by atoms with Crippen molar-refractivity contribution < 1.29 is 4.42 Å². The second-order valence-electron chi connectivity index (χ2n) is 4.28. The van der Waals surface area contributed by atoms with E-state index in [1.165, 1.54) is 0 Å². The summed E-state index contributed by atoms with van der Waals surface area (Å²) in [6.45, 7) is 2.22. The molecule has 18 heavy (non-hydrogen) atoms. The molecule has 1 saturated carbocycles. The third-order valence-corrected chi connectivity index (χ3v) is 2.83. The zero-order valence-electron chi connectivity index (χ0n) is 9.85. The molecule has 94 valence electrons. The fraction of sp³-hybridized carbons (Fsp3) is 0.455. The van der Waals surface area contributed by atoms with Gasteiger partial charge in [0.2, 0.25) is 11.8 Å². The Bertz CT molecular complexity index is 546. The topological polar surface area (TPSA) is 76.7 Å². The number of nitrogens with zero attached hydrogens (tertiary/aromatic N) is 4. The van der Waals surface area contributed by atoms with Gasteiger partial charge in [-0.05, 0) is 19.8 Å². The van der Waals surface area contributed by atoms with Crippen LogP contribution in [0.5, 0.6) is 0 Å². The largest absolute Gasteiger partial charge is 0.423 e. The second kappa shape index (κ2) is 4.53. The fourth-order valence-electron chi connectivity index (χ4n) is 1.62. The van der Waals surface area contributed by atoms with Crippen LogP contribution in [0.1, 0.15) is 36.4 Å². The molecule has 0 atom stereocenters. The van der Waals surface area contributed by atoms with Gasteiger partial charge in [-0.15, -0.1) is 10.2 Å². The minimum absolute atomic E-state index is 0.411. The Labute approximate surface area is 109 Å². The van der Waals surface area contributed by atoms with Crippen LogP contribution in [0.4, 0.5) is 5.82 Å². The van der Waals surface area contributed by atoms with Gasteiger partial charge in [-0.25, -0.2) is 9.97 Å². The first-order chi connectivity index (χ1) is 8.70. The third kappa shape index (κ3) is 2.59. The van der Waals surface area contributed by atoms with Crippen LogP contribution in [0.25, 0.3) is 0 Å². The third-order valence-electron chi connectivity index (χ3n) is 2.64. The quantitative estimate of drug-likeness (QED) is 0.855. The van der Waals surface area contributed by atoms with Crippen LogP contribution in [0.15, 0.2) is 10.5 Å². The minimum Gasteiger partial charge on any atom is -0.423 e. The first-order valence-corrected chi connectivity index (χ1v) is 6.16. The van der Waals surface area contributed by atoms with E-state index in [-0.39, 0.29) is 0 Å². The van der Waals surface area contributed by atoms with E-state index in [1.54, 1.807) is 13.0 Å². The van der Waals surface area contributed by atoms with Crippen molar-refractivity contribution in [2.45, 2.75) is 32.2 Å². The maximum Gasteiger partial charge on any atom is 0.235 e. The molecule has 1 fully saturated rings. The Morgan fingerprint density at radius 1 is 1.39 bits per heavy atom. The number of nitrogens with one attached hydrogen (secondary N) is 1. The molecule has 0 radical (unpaired) electrons. The van der Waals surface area contributed by atoms with Crippen molar-refractivity contribution in [1.82, 2.24) is 20.2 Å². The van der Waals surface area contributed by atoms with Crippen LogP contribution in [-0.4, -0.2) is 20.2 Å². The van der Waals surface area contributed by atoms with Gasteiger partial charge in [0.25, 0.3) is 0 Å². The van der Waals surface area contributed by atoms with Crippen molar-refractivity contribution in [2.24, 2.45) is 0 Å². The van der Waals surface area contributed by atoms with Crippen molar-refractivity contribution >= 4 is 17.4 Å². The zero-order chi connectivity index (χ0) is 12.5. The van der Waals surface area contributed by atoms with Crippen LogP contribution in [0.2, 0.25) is 5.15 Å². The minimum atomic E-state index is 0.411. The van der Waals surface area contributed by atoms with Crippen molar-refractivity contribution in [3.8, 4) is 0 Å². The lowest BCUT2D eigenvalue weighted by molar-refractivity contribution is 0.457. The molecule has 0 amide bonds. The van der Waals surface area contributed by atoms with E-state index in [0.29, 0.717) is 35.1 Å². The van der Waals surface area contributed by atoms with Gasteiger partial charge in [0.1, 0.15) is 16.8 Å². The van der Waals surface area contributed by atoms with Crippen molar-refractivity contribution in [2.75, 3.05) is 5.32 Å². The summed E-state index contributed by atoms with van der Waals surface area (Å²) in [7, 11) is 0. The van der Waals surface area contributed by atoms with E-state index in [4.69, 9.17) is 16.0 Å². The lowest BCUT2D eigenvalue weighted by Gasteiger charge is -2.03.